The minimum absolute atomic E-state index is 0.291. The lowest BCUT2D eigenvalue weighted by atomic mass is 10.1. The summed E-state index contributed by atoms with van der Waals surface area (Å²) in [6.45, 7) is 1.46. The zero-order chi connectivity index (χ0) is 19.1. The van der Waals surface area contributed by atoms with Gasteiger partial charge < -0.3 is 10.1 Å². The molecule has 0 aromatic heterocycles. The van der Waals surface area contributed by atoms with Gasteiger partial charge in [-0.3, -0.25) is 9.00 Å². The van der Waals surface area contributed by atoms with Crippen LogP contribution < -0.4 is 5.32 Å². The third-order valence-corrected chi connectivity index (χ3v) is 4.18. The summed E-state index contributed by atoms with van der Waals surface area (Å²) in [6.07, 6.45) is 0.566. The van der Waals surface area contributed by atoms with Crippen LogP contribution in [0, 0.1) is 11.3 Å². The number of hydrogen-bond donors (Lipinski definition) is 1. The minimum Gasteiger partial charge on any atom is -0.449 e. The number of esters is 1. The van der Waals surface area contributed by atoms with Gasteiger partial charge in [-0.25, -0.2) is 4.79 Å². The zero-order valence-electron chi connectivity index (χ0n) is 14.4. The van der Waals surface area contributed by atoms with Crippen LogP contribution in [0.15, 0.2) is 48.5 Å². The molecule has 134 valence electrons. The highest BCUT2D eigenvalue weighted by Gasteiger charge is 2.19. The highest BCUT2D eigenvalue weighted by molar-refractivity contribution is 7.83. The molecule has 2 aromatic rings. The molecule has 0 saturated carbocycles. The molecule has 2 aromatic carbocycles. The summed E-state index contributed by atoms with van der Waals surface area (Å²) in [5.74, 6) is -0.798. The van der Waals surface area contributed by atoms with Crippen molar-refractivity contribution in [1.82, 2.24) is 0 Å². The van der Waals surface area contributed by atoms with E-state index in [0.717, 1.165) is 5.56 Å². The second-order valence-corrected chi connectivity index (χ2v) is 7.08. The number of benzene rings is 2. The third-order valence-electron chi connectivity index (χ3n) is 3.44. The van der Waals surface area contributed by atoms with Crippen molar-refractivity contribution in [3.8, 4) is 6.07 Å². The maximum absolute atomic E-state index is 12.2. The first-order valence-electron chi connectivity index (χ1n) is 7.80. The number of rotatable bonds is 6. The SMILES string of the molecule is CC(OC(=O)c1cccc(CS(C)=O)c1)C(=O)Nc1cccc(C#N)c1. The minimum atomic E-state index is -1.02. The molecule has 0 spiro atoms. The van der Waals surface area contributed by atoms with Gasteiger partial charge in [0, 0.05) is 28.5 Å². The third kappa shape index (κ3) is 5.53. The lowest BCUT2D eigenvalue weighted by Crippen LogP contribution is -2.30. The smallest absolute Gasteiger partial charge is 0.338 e. The second kappa shape index (κ2) is 8.92. The van der Waals surface area contributed by atoms with Crippen LogP contribution in [0.3, 0.4) is 0 Å². The lowest BCUT2D eigenvalue weighted by molar-refractivity contribution is -0.123. The van der Waals surface area contributed by atoms with Crippen molar-refractivity contribution >= 4 is 28.4 Å². The van der Waals surface area contributed by atoms with Crippen LogP contribution in [0.2, 0.25) is 0 Å². The van der Waals surface area contributed by atoms with Crippen molar-refractivity contribution in [3.05, 3.63) is 65.2 Å². The quantitative estimate of drug-likeness (QED) is 0.789. The molecule has 0 fully saturated rings. The Hall–Kier alpha value is -2.98. The monoisotopic (exact) mass is 370 g/mol. The molecule has 0 heterocycles. The van der Waals surface area contributed by atoms with E-state index >= 15 is 0 Å². The van der Waals surface area contributed by atoms with Crippen molar-refractivity contribution in [3.63, 3.8) is 0 Å². The molecule has 0 aliphatic rings. The maximum atomic E-state index is 12.2. The normalized spacial score (nSPS) is 12.5. The van der Waals surface area contributed by atoms with Crippen molar-refractivity contribution in [2.75, 3.05) is 11.6 Å². The number of ether oxygens (including phenoxy) is 1. The number of anilines is 1. The van der Waals surface area contributed by atoms with Crippen LogP contribution in [-0.2, 0) is 26.1 Å². The van der Waals surface area contributed by atoms with Gasteiger partial charge in [-0.15, -0.1) is 0 Å². The standard InChI is InChI=1S/C19H18N2O4S/c1-13(18(22)21-17-8-4-5-14(10-17)11-20)25-19(23)16-7-3-6-15(9-16)12-26(2)24/h3-10,13H,12H2,1-2H3,(H,21,22). The summed E-state index contributed by atoms with van der Waals surface area (Å²) in [4.78, 5) is 24.4. The van der Waals surface area contributed by atoms with Crippen LogP contribution in [0.4, 0.5) is 5.69 Å². The number of nitriles is 1. The molecule has 0 radical (unpaired) electrons. The molecular formula is C19H18N2O4S. The topological polar surface area (TPSA) is 96.3 Å². The lowest BCUT2D eigenvalue weighted by Gasteiger charge is -2.14. The molecule has 2 unspecified atom stereocenters. The van der Waals surface area contributed by atoms with Crippen LogP contribution >= 0.6 is 0 Å². The van der Waals surface area contributed by atoms with E-state index in [1.165, 1.54) is 13.0 Å². The Morgan fingerprint density at radius 1 is 1.23 bits per heavy atom. The van der Waals surface area contributed by atoms with E-state index in [4.69, 9.17) is 10.00 Å². The van der Waals surface area contributed by atoms with Crippen LogP contribution in [0.5, 0.6) is 0 Å². The van der Waals surface area contributed by atoms with Crippen molar-refractivity contribution < 1.29 is 18.5 Å². The largest absolute Gasteiger partial charge is 0.449 e. The summed E-state index contributed by atoms with van der Waals surface area (Å²) >= 11 is 0. The predicted molar refractivity (Wildman–Crippen MR) is 98.9 cm³/mol. The van der Waals surface area contributed by atoms with Crippen molar-refractivity contribution in [2.24, 2.45) is 0 Å². The van der Waals surface area contributed by atoms with E-state index in [0.29, 0.717) is 22.6 Å². The van der Waals surface area contributed by atoms with E-state index in [-0.39, 0.29) is 0 Å². The average molecular weight is 370 g/mol. The first kappa shape index (κ1) is 19.3. The first-order chi connectivity index (χ1) is 12.4. The predicted octanol–water partition coefficient (Wildman–Crippen LogP) is 2.62. The number of amides is 1. The highest BCUT2D eigenvalue weighted by Crippen LogP contribution is 2.13. The number of hydrogen-bond acceptors (Lipinski definition) is 5. The summed E-state index contributed by atoms with van der Waals surface area (Å²) in [7, 11) is -1.02. The molecule has 7 heteroatoms. The molecule has 1 amide bonds. The van der Waals surface area contributed by atoms with Crippen molar-refractivity contribution in [1.29, 1.82) is 5.26 Å². The Bertz CT molecular complexity index is 889. The van der Waals surface area contributed by atoms with Gasteiger partial charge in [-0.2, -0.15) is 5.26 Å². The molecule has 0 aliphatic heterocycles. The van der Waals surface area contributed by atoms with Crippen LogP contribution in [-0.4, -0.2) is 28.4 Å². The highest BCUT2D eigenvalue weighted by atomic mass is 32.2. The Morgan fingerprint density at radius 3 is 2.65 bits per heavy atom. The Kier molecular flexibility index (Phi) is 6.64. The number of nitrogens with one attached hydrogen (secondary N) is 1. The summed E-state index contributed by atoms with van der Waals surface area (Å²) < 4.78 is 16.5. The molecule has 0 bridgehead atoms. The first-order valence-corrected chi connectivity index (χ1v) is 9.52. The van der Waals surface area contributed by atoms with Gasteiger partial charge in [0.2, 0.25) is 0 Å². The van der Waals surface area contributed by atoms with Gasteiger partial charge >= 0.3 is 5.97 Å². The van der Waals surface area contributed by atoms with Gasteiger partial charge in [0.1, 0.15) is 0 Å². The molecule has 1 N–H and O–H groups in total. The molecule has 0 saturated heterocycles. The number of carbonyl (C=O) groups is 2. The Morgan fingerprint density at radius 2 is 1.96 bits per heavy atom. The zero-order valence-corrected chi connectivity index (χ0v) is 15.2. The molecule has 0 aliphatic carbocycles. The summed E-state index contributed by atoms with van der Waals surface area (Å²) in [5, 5.41) is 11.5. The van der Waals surface area contributed by atoms with Gasteiger partial charge in [0.15, 0.2) is 6.10 Å². The summed E-state index contributed by atoms with van der Waals surface area (Å²) in [5.41, 5.74) is 1.91. The fourth-order valence-electron chi connectivity index (χ4n) is 2.22. The van der Waals surface area contributed by atoms with Gasteiger partial charge in [0.25, 0.3) is 5.91 Å². The molecule has 6 nitrogen and oxygen atoms in total. The molecule has 26 heavy (non-hydrogen) atoms. The fraction of sp³-hybridized carbons (Fsp3) is 0.211. The Labute approximate surface area is 154 Å². The van der Waals surface area contributed by atoms with Gasteiger partial charge in [-0.05, 0) is 42.8 Å². The average Bonchev–Trinajstić information content (AvgIpc) is 2.61. The van der Waals surface area contributed by atoms with Crippen LogP contribution in [0.25, 0.3) is 0 Å². The van der Waals surface area contributed by atoms with Crippen molar-refractivity contribution in [2.45, 2.75) is 18.8 Å². The van der Waals surface area contributed by atoms with E-state index in [2.05, 4.69) is 5.32 Å². The van der Waals surface area contributed by atoms with E-state index in [1.807, 2.05) is 6.07 Å². The van der Waals surface area contributed by atoms with E-state index in [9.17, 15) is 13.8 Å². The molecule has 2 rings (SSSR count). The Balaban J connectivity index is 2.00. The van der Waals surface area contributed by atoms with E-state index < -0.39 is 28.8 Å². The molecule has 2 atom stereocenters. The summed E-state index contributed by atoms with van der Waals surface area (Å²) in [6, 6.07) is 15.0. The number of carbonyl (C=O) groups excluding carboxylic acids is 2. The maximum Gasteiger partial charge on any atom is 0.338 e. The number of nitrogens with zero attached hydrogens (tertiary/aromatic N) is 1. The van der Waals surface area contributed by atoms with Crippen LogP contribution in [0.1, 0.15) is 28.4 Å². The van der Waals surface area contributed by atoms with E-state index in [1.54, 1.807) is 48.7 Å². The second-order valence-electron chi connectivity index (χ2n) is 5.65. The van der Waals surface area contributed by atoms with Gasteiger partial charge in [0.05, 0.1) is 17.2 Å². The molecular weight excluding hydrogens is 352 g/mol. The van der Waals surface area contributed by atoms with Gasteiger partial charge in [-0.1, -0.05) is 18.2 Å². The fourth-order valence-corrected chi connectivity index (χ4v) is 2.86.